The largest absolute Gasteiger partial charge is 0.246 e. The van der Waals surface area contributed by atoms with Crippen LogP contribution in [-0.2, 0) is 10.0 Å². The second-order valence-electron chi connectivity index (χ2n) is 4.23. The first-order valence-corrected chi connectivity index (χ1v) is 7.44. The molecule has 1 rings (SSSR count). The molecule has 0 heterocycles. The van der Waals surface area contributed by atoms with Gasteiger partial charge in [0.15, 0.2) is 4.90 Å². The van der Waals surface area contributed by atoms with E-state index in [0.29, 0.717) is 12.1 Å². The van der Waals surface area contributed by atoms with E-state index in [-0.39, 0.29) is 12.5 Å². The van der Waals surface area contributed by atoms with Gasteiger partial charge in [-0.15, -0.1) is 0 Å². The summed E-state index contributed by atoms with van der Waals surface area (Å²) in [6.45, 7) is 3.87. The lowest BCUT2D eigenvalue weighted by atomic mass is 10.0. The molecular formula is C12H16F3NO2S. The van der Waals surface area contributed by atoms with Crippen molar-refractivity contribution in [1.82, 2.24) is 4.72 Å². The number of halogens is 3. The molecule has 1 aromatic rings. The van der Waals surface area contributed by atoms with Crippen LogP contribution in [0.5, 0.6) is 0 Å². The Morgan fingerprint density at radius 2 is 1.58 bits per heavy atom. The van der Waals surface area contributed by atoms with Crippen LogP contribution in [0.1, 0.15) is 26.7 Å². The Morgan fingerprint density at radius 3 is 2.00 bits per heavy atom. The Balaban J connectivity index is 3.01. The van der Waals surface area contributed by atoms with E-state index in [1.54, 1.807) is 0 Å². The van der Waals surface area contributed by atoms with Crippen LogP contribution < -0.4 is 4.72 Å². The van der Waals surface area contributed by atoms with Crippen LogP contribution in [0.4, 0.5) is 13.2 Å². The monoisotopic (exact) mass is 295 g/mol. The van der Waals surface area contributed by atoms with E-state index in [2.05, 4.69) is 4.72 Å². The molecule has 0 unspecified atom stereocenters. The minimum Gasteiger partial charge on any atom is -0.211 e. The molecule has 1 N–H and O–H groups in total. The second kappa shape index (κ2) is 6.38. The minimum atomic E-state index is -4.32. The molecule has 0 saturated heterocycles. The van der Waals surface area contributed by atoms with Crippen molar-refractivity contribution in [1.29, 1.82) is 0 Å². The molecule has 0 radical (unpaired) electrons. The van der Waals surface area contributed by atoms with E-state index in [1.807, 2.05) is 13.8 Å². The summed E-state index contributed by atoms with van der Waals surface area (Å²) in [5.41, 5.74) is 0. The number of benzene rings is 1. The van der Waals surface area contributed by atoms with E-state index in [0.717, 1.165) is 12.8 Å². The molecule has 0 aliphatic carbocycles. The SMILES string of the molecule is CCC(CC)CNS(=O)(=O)c1c(F)cc(F)cc1F. The molecule has 3 nitrogen and oxygen atoms in total. The third-order valence-corrected chi connectivity index (χ3v) is 4.42. The van der Waals surface area contributed by atoms with Gasteiger partial charge in [-0.05, 0) is 5.92 Å². The third-order valence-electron chi connectivity index (χ3n) is 2.95. The maximum atomic E-state index is 13.4. The zero-order valence-corrected chi connectivity index (χ0v) is 11.5. The van der Waals surface area contributed by atoms with Crippen molar-refractivity contribution < 1.29 is 21.6 Å². The summed E-state index contributed by atoms with van der Waals surface area (Å²) in [7, 11) is -4.32. The molecule has 0 bridgehead atoms. The average Bonchev–Trinajstić information content (AvgIpc) is 2.28. The molecule has 7 heteroatoms. The molecule has 0 saturated carbocycles. The highest BCUT2D eigenvalue weighted by Gasteiger charge is 2.25. The maximum Gasteiger partial charge on any atom is 0.246 e. The van der Waals surface area contributed by atoms with Gasteiger partial charge < -0.3 is 0 Å². The fraction of sp³-hybridized carbons (Fsp3) is 0.500. The standard InChI is InChI=1S/C12H16F3NO2S/c1-3-8(4-2)7-16-19(17,18)12-10(14)5-9(13)6-11(12)15/h5-6,8,16H,3-4,7H2,1-2H3. The van der Waals surface area contributed by atoms with Gasteiger partial charge in [0, 0.05) is 18.7 Å². The van der Waals surface area contributed by atoms with Crippen LogP contribution in [0.25, 0.3) is 0 Å². The van der Waals surface area contributed by atoms with Gasteiger partial charge in [0.2, 0.25) is 10.0 Å². The van der Waals surface area contributed by atoms with Gasteiger partial charge >= 0.3 is 0 Å². The minimum absolute atomic E-state index is 0.0846. The van der Waals surface area contributed by atoms with Crippen molar-refractivity contribution in [3.05, 3.63) is 29.6 Å². The first kappa shape index (κ1) is 16.0. The van der Waals surface area contributed by atoms with Crippen LogP contribution in [-0.4, -0.2) is 15.0 Å². The topological polar surface area (TPSA) is 46.2 Å². The summed E-state index contributed by atoms with van der Waals surface area (Å²) in [5, 5.41) is 0. The van der Waals surface area contributed by atoms with Crippen molar-refractivity contribution in [2.75, 3.05) is 6.54 Å². The van der Waals surface area contributed by atoms with Crippen LogP contribution in [0, 0.1) is 23.4 Å². The quantitative estimate of drug-likeness (QED) is 0.877. The maximum absolute atomic E-state index is 13.4. The Kier molecular flexibility index (Phi) is 5.37. The summed E-state index contributed by atoms with van der Waals surface area (Å²) in [4.78, 5) is -1.14. The fourth-order valence-electron chi connectivity index (χ4n) is 1.66. The van der Waals surface area contributed by atoms with E-state index < -0.39 is 32.4 Å². The number of sulfonamides is 1. The van der Waals surface area contributed by atoms with Gasteiger partial charge in [-0.25, -0.2) is 26.3 Å². The van der Waals surface area contributed by atoms with E-state index in [4.69, 9.17) is 0 Å². The molecule has 0 fully saturated rings. The van der Waals surface area contributed by atoms with Crippen LogP contribution in [0.15, 0.2) is 17.0 Å². The Bertz CT molecular complexity index is 519. The molecule has 0 spiro atoms. The summed E-state index contributed by atoms with van der Waals surface area (Å²) in [5.74, 6) is -3.95. The lowest BCUT2D eigenvalue weighted by molar-refractivity contribution is 0.468. The second-order valence-corrected chi connectivity index (χ2v) is 5.94. The number of hydrogen-bond donors (Lipinski definition) is 1. The number of nitrogens with one attached hydrogen (secondary N) is 1. The van der Waals surface area contributed by atoms with E-state index in [9.17, 15) is 21.6 Å². The predicted molar refractivity (Wildman–Crippen MR) is 65.6 cm³/mol. The molecule has 0 aliphatic heterocycles. The lowest BCUT2D eigenvalue weighted by Crippen LogP contribution is -2.30. The zero-order valence-electron chi connectivity index (χ0n) is 10.7. The Labute approximate surface area is 110 Å². The molecule has 1 aromatic carbocycles. The molecule has 108 valence electrons. The molecular weight excluding hydrogens is 279 g/mol. The van der Waals surface area contributed by atoms with Gasteiger partial charge in [0.25, 0.3) is 0 Å². The van der Waals surface area contributed by atoms with Crippen LogP contribution in [0.2, 0.25) is 0 Å². The molecule has 0 amide bonds. The molecule has 19 heavy (non-hydrogen) atoms. The highest BCUT2D eigenvalue weighted by molar-refractivity contribution is 7.89. The van der Waals surface area contributed by atoms with Gasteiger partial charge in [0.1, 0.15) is 17.5 Å². The highest BCUT2D eigenvalue weighted by atomic mass is 32.2. The van der Waals surface area contributed by atoms with Gasteiger partial charge in [-0.1, -0.05) is 26.7 Å². The van der Waals surface area contributed by atoms with Crippen molar-refractivity contribution in [2.24, 2.45) is 5.92 Å². The lowest BCUT2D eigenvalue weighted by Gasteiger charge is -2.14. The summed E-state index contributed by atoms with van der Waals surface area (Å²) >= 11 is 0. The third kappa shape index (κ3) is 3.94. The first-order valence-electron chi connectivity index (χ1n) is 5.96. The molecule has 0 aromatic heterocycles. The Morgan fingerprint density at radius 1 is 1.11 bits per heavy atom. The summed E-state index contributed by atoms with van der Waals surface area (Å²) in [6, 6.07) is 0.684. The van der Waals surface area contributed by atoms with Crippen molar-refractivity contribution in [3.63, 3.8) is 0 Å². The van der Waals surface area contributed by atoms with Gasteiger partial charge in [-0.2, -0.15) is 0 Å². The van der Waals surface area contributed by atoms with Crippen LogP contribution >= 0.6 is 0 Å². The first-order chi connectivity index (χ1) is 8.81. The summed E-state index contributed by atoms with van der Waals surface area (Å²) < 4.78 is 65.3. The smallest absolute Gasteiger partial charge is 0.211 e. The van der Waals surface area contributed by atoms with Gasteiger partial charge in [-0.3, -0.25) is 0 Å². The van der Waals surface area contributed by atoms with E-state index in [1.165, 1.54) is 0 Å². The van der Waals surface area contributed by atoms with Gasteiger partial charge in [0.05, 0.1) is 0 Å². The van der Waals surface area contributed by atoms with Crippen LogP contribution in [0.3, 0.4) is 0 Å². The number of rotatable bonds is 6. The highest BCUT2D eigenvalue weighted by Crippen LogP contribution is 2.20. The summed E-state index contributed by atoms with van der Waals surface area (Å²) in [6.07, 6.45) is 1.49. The van der Waals surface area contributed by atoms with Crippen molar-refractivity contribution >= 4 is 10.0 Å². The Hall–Kier alpha value is -1.08. The van der Waals surface area contributed by atoms with Crippen molar-refractivity contribution in [3.8, 4) is 0 Å². The molecule has 0 aliphatic rings. The predicted octanol–water partition coefficient (Wildman–Crippen LogP) is 2.82. The van der Waals surface area contributed by atoms with E-state index >= 15 is 0 Å². The zero-order chi connectivity index (χ0) is 14.6. The molecule has 0 atom stereocenters. The normalized spacial score (nSPS) is 12.1. The van der Waals surface area contributed by atoms with Crippen molar-refractivity contribution in [2.45, 2.75) is 31.6 Å². The fourth-order valence-corrected chi connectivity index (χ4v) is 2.89. The average molecular weight is 295 g/mol. The number of hydrogen-bond acceptors (Lipinski definition) is 2.